The molecule has 19 heavy (non-hydrogen) atoms. The van der Waals surface area contributed by atoms with Crippen LogP contribution in [0, 0.1) is 5.41 Å². The first kappa shape index (κ1) is 14.1. The highest BCUT2D eigenvalue weighted by Crippen LogP contribution is 2.38. The van der Waals surface area contributed by atoms with E-state index < -0.39 is 11.4 Å². The van der Waals surface area contributed by atoms with E-state index in [1.807, 2.05) is 0 Å². The van der Waals surface area contributed by atoms with Crippen molar-refractivity contribution < 1.29 is 14.7 Å². The highest BCUT2D eigenvalue weighted by Gasteiger charge is 2.46. The maximum atomic E-state index is 12.2. The Kier molecular flexibility index (Phi) is 3.99. The lowest BCUT2D eigenvalue weighted by molar-refractivity contribution is -0.148. The van der Waals surface area contributed by atoms with Crippen molar-refractivity contribution in [3.63, 3.8) is 0 Å². The maximum Gasteiger partial charge on any atom is 0.317 e. The van der Waals surface area contributed by atoms with Crippen molar-refractivity contribution >= 4 is 12.0 Å². The van der Waals surface area contributed by atoms with Crippen LogP contribution in [0.15, 0.2) is 0 Å². The van der Waals surface area contributed by atoms with Gasteiger partial charge in [-0.1, -0.05) is 6.42 Å². The van der Waals surface area contributed by atoms with Crippen LogP contribution in [-0.4, -0.2) is 47.2 Å². The molecule has 2 unspecified atom stereocenters. The van der Waals surface area contributed by atoms with Gasteiger partial charge < -0.3 is 21.1 Å². The second-order valence-electron chi connectivity index (χ2n) is 5.94. The maximum absolute atomic E-state index is 12.2. The molecule has 6 nitrogen and oxygen atoms in total. The van der Waals surface area contributed by atoms with Gasteiger partial charge >= 0.3 is 12.0 Å². The van der Waals surface area contributed by atoms with E-state index in [1.54, 1.807) is 11.8 Å². The molecule has 1 saturated heterocycles. The van der Waals surface area contributed by atoms with Crippen LogP contribution in [0.1, 0.15) is 39.0 Å². The van der Waals surface area contributed by atoms with E-state index in [9.17, 15) is 14.7 Å². The van der Waals surface area contributed by atoms with Gasteiger partial charge in [0.1, 0.15) is 0 Å². The quantitative estimate of drug-likeness (QED) is 0.689. The van der Waals surface area contributed by atoms with Crippen molar-refractivity contribution in [1.82, 2.24) is 10.2 Å². The van der Waals surface area contributed by atoms with Crippen LogP contribution in [0.5, 0.6) is 0 Å². The Labute approximate surface area is 113 Å². The SMILES string of the molecule is CC1(C(=O)O)CCCC1NC(=O)N1CCC(N)CC1. The first-order valence-electron chi connectivity index (χ1n) is 6.98. The molecule has 108 valence electrons. The Morgan fingerprint density at radius 3 is 2.53 bits per heavy atom. The van der Waals surface area contributed by atoms with Crippen LogP contribution in [0.25, 0.3) is 0 Å². The summed E-state index contributed by atoms with van der Waals surface area (Å²) in [6.07, 6.45) is 3.83. The molecule has 2 fully saturated rings. The van der Waals surface area contributed by atoms with E-state index in [-0.39, 0.29) is 18.1 Å². The van der Waals surface area contributed by atoms with Crippen LogP contribution in [0.2, 0.25) is 0 Å². The molecule has 1 aliphatic carbocycles. The number of nitrogens with one attached hydrogen (secondary N) is 1. The van der Waals surface area contributed by atoms with Crippen LogP contribution >= 0.6 is 0 Å². The number of carbonyl (C=O) groups is 2. The van der Waals surface area contributed by atoms with Crippen molar-refractivity contribution in [1.29, 1.82) is 0 Å². The summed E-state index contributed by atoms with van der Waals surface area (Å²) in [5.74, 6) is -0.823. The summed E-state index contributed by atoms with van der Waals surface area (Å²) in [4.78, 5) is 25.2. The molecule has 0 spiro atoms. The van der Waals surface area contributed by atoms with Gasteiger partial charge in [-0.2, -0.15) is 0 Å². The van der Waals surface area contributed by atoms with Crippen molar-refractivity contribution in [2.24, 2.45) is 11.1 Å². The Bertz CT molecular complexity index is 366. The average molecular weight is 269 g/mol. The third kappa shape index (κ3) is 2.83. The monoisotopic (exact) mass is 269 g/mol. The molecule has 0 aromatic rings. The Balaban J connectivity index is 1.93. The molecule has 2 rings (SSSR count). The molecule has 2 aliphatic rings. The molecule has 2 atom stereocenters. The van der Waals surface area contributed by atoms with E-state index in [1.165, 1.54) is 0 Å². The number of carboxylic acids is 1. The molecular weight excluding hydrogens is 246 g/mol. The van der Waals surface area contributed by atoms with E-state index in [0.717, 1.165) is 25.7 Å². The number of aliphatic carboxylic acids is 1. The van der Waals surface area contributed by atoms with Gasteiger partial charge in [0.25, 0.3) is 0 Å². The van der Waals surface area contributed by atoms with Crippen molar-refractivity contribution in [3.8, 4) is 0 Å². The molecule has 1 aliphatic heterocycles. The van der Waals surface area contributed by atoms with E-state index >= 15 is 0 Å². The summed E-state index contributed by atoms with van der Waals surface area (Å²) in [5.41, 5.74) is 4.98. The minimum Gasteiger partial charge on any atom is -0.481 e. The number of likely N-dealkylation sites (tertiary alicyclic amines) is 1. The van der Waals surface area contributed by atoms with Gasteiger partial charge in [-0.05, 0) is 32.6 Å². The number of carbonyl (C=O) groups excluding carboxylic acids is 1. The third-order valence-corrected chi connectivity index (χ3v) is 4.57. The Morgan fingerprint density at radius 1 is 1.32 bits per heavy atom. The van der Waals surface area contributed by atoms with E-state index in [4.69, 9.17) is 5.73 Å². The van der Waals surface area contributed by atoms with Crippen LogP contribution in [-0.2, 0) is 4.79 Å². The second kappa shape index (κ2) is 5.36. The minimum absolute atomic E-state index is 0.147. The first-order valence-corrected chi connectivity index (χ1v) is 6.98. The fourth-order valence-corrected chi connectivity index (χ4v) is 3.00. The van der Waals surface area contributed by atoms with Gasteiger partial charge in [0, 0.05) is 25.2 Å². The molecule has 0 aromatic carbocycles. The summed E-state index contributed by atoms with van der Waals surface area (Å²) in [5, 5.41) is 12.2. The number of rotatable bonds is 2. The first-order chi connectivity index (χ1) is 8.93. The lowest BCUT2D eigenvalue weighted by atomic mass is 9.85. The summed E-state index contributed by atoms with van der Waals surface area (Å²) >= 11 is 0. The van der Waals surface area contributed by atoms with Gasteiger partial charge in [0.2, 0.25) is 0 Å². The lowest BCUT2D eigenvalue weighted by Crippen LogP contribution is -2.53. The molecule has 0 bridgehead atoms. The van der Waals surface area contributed by atoms with Crippen LogP contribution < -0.4 is 11.1 Å². The lowest BCUT2D eigenvalue weighted by Gasteiger charge is -2.34. The smallest absolute Gasteiger partial charge is 0.317 e. The molecule has 0 radical (unpaired) electrons. The number of nitrogens with zero attached hydrogens (tertiary/aromatic N) is 1. The van der Waals surface area contributed by atoms with Gasteiger partial charge in [-0.3, -0.25) is 4.79 Å². The predicted molar refractivity (Wildman–Crippen MR) is 70.7 cm³/mol. The average Bonchev–Trinajstić information content (AvgIpc) is 2.73. The highest BCUT2D eigenvalue weighted by atomic mass is 16.4. The third-order valence-electron chi connectivity index (χ3n) is 4.57. The zero-order chi connectivity index (χ0) is 14.0. The number of carboxylic acid groups (broad SMARTS) is 1. The fourth-order valence-electron chi connectivity index (χ4n) is 3.00. The number of piperidine rings is 1. The Hall–Kier alpha value is -1.30. The van der Waals surface area contributed by atoms with Gasteiger partial charge in [-0.25, -0.2) is 4.79 Å². The summed E-state index contributed by atoms with van der Waals surface area (Å²) in [6.45, 7) is 3.03. The van der Waals surface area contributed by atoms with Gasteiger partial charge in [-0.15, -0.1) is 0 Å². The van der Waals surface area contributed by atoms with Gasteiger partial charge in [0.15, 0.2) is 0 Å². The number of nitrogens with two attached hydrogens (primary N) is 1. The Morgan fingerprint density at radius 2 is 1.95 bits per heavy atom. The summed E-state index contributed by atoms with van der Waals surface area (Å²) in [6, 6.07) is -0.237. The fraction of sp³-hybridized carbons (Fsp3) is 0.846. The van der Waals surface area contributed by atoms with Crippen LogP contribution in [0.3, 0.4) is 0 Å². The minimum atomic E-state index is -0.831. The zero-order valence-electron chi connectivity index (χ0n) is 11.4. The predicted octanol–water partition coefficient (Wildman–Crippen LogP) is 0.763. The molecule has 6 heteroatoms. The van der Waals surface area contributed by atoms with Crippen molar-refractivity contribution in [2.45, 2.75) is 51.1 Å². The van der Waals surface area contributed by atoms with Crippen molar-refractivity contribution in [2.75, 3.05) is 13.1 Å². The van der Waals surface area contributed by atoms with Gasteiger partial charge in [0.05, 0.1) is 5.41 Å². The molecule has 0 aromatic heterocycles. The number of hydrogen-bond donors (Lipinski definition) is 3. The number of urea groups is 1. The molecular formula is C13H23N3O3. The van der Waals surface area contributed by atoms with Crippen molar-refractivity contribution in [3.05, 3.63) is 0 Å². The van der Waals surface area contributed by atoms with E-state index in [0.29, 0.717) is 19.5 Å². The summed E-state index contributed by atoms with van der Waals surface area (Å²) < 4.78 is 0. The largest absolute Gasteiger partial charge is 0.481 e. The molecule has 4 N–H and O–H groups in total. The zero-order valence-corrected chi connectivity index (χ0v) is 11.4. The summed E-state index contributed by atoms with van der Waals surface area (Å²) in [7, 11) is 0. The molecule has 1 heterocycles. The normalized spacial score (nSPS) is 32.3. The topological polar surface area (TPSA) is 95.7 Å². The molecule has 1 saturated carbocycles. The number of amides is 2. The standard InChI is InChI=1S/C13H23N3O3/c1-13(11(17)18)6-2-3-10(13)15-12(19)16-7-4-9(14)5-8-16/h9-10H,2-8,14H2,1H3,(H,15,19)(H,17,18). The second-order valence-corrected chi connectivity index (χ2v) is 5.94. The van der Waals surface area contributed by atoms with E-state index in [2.05, 4.69) is 5.32 Å². The number of hydrogen-bond acceptors (Lipinski definition) is 3. The molecule has 2 amide bonds. The highest BCUT2D eigenvalue weighted by molar-refractivity contribution is 5.79. The van der Waals surface area contributed by atoms with Crippen LogP contribution in [0.4, 0.5) is 4.79 Å².